The fourth-order valence-electron chi connectivity index (χ4n) is 4.05. The number of hydrogen-bond acceptors (Lipinski definition) is 6. The molecule has 0 radical (unpaired) electrons. The van der Waals surface area contributed by atoms with Crippen LogP contribution in [-0.2, 0) is 16.6 Å². The molecule has 9 heteroatoms. The number of methoxy groups -OCH3 is 1. The Morgan fingerprint density at radius 2 is 1.82 bits per heavy atom. The molecule has 0 spiro atoms. The van der Waals surface area contributed by atoms with Crippen molar-refractivity contribution in [1.82, 2.24) is 14.3 Å². The van der Waals surface area contributed by atoms with Crippen molar-refractivity contribution in [3.63, 3.8) is 0 Å². The van der Waals surface area contributed by atoms with Crippen molar-refractivity contribution in [3.8, 4) is 5.75 Å². The van der Waals surface area contributed by atoms with Crippen LogP contribution in [0.5, 0.6) is 5.75 Å². The summed E-state index contributed by atoms with van der Waals surface area (Å²) in [6.45, 7) is 2.11. The van der Waals surface area contributed by atoms with Gasteiger partial charge in [-0.05, 0) is 36.5 Å². The second-order valence-corrected chi connectivity index (χ2v) is 9.40. The van der Waals surface area contributed by atoms with Gasteiger partial charge in [-0.3, -0.25) is 0 Å². The number of fused-ring (bicyclic) bond motifs is 1. The van der Waals surface area contributed by atoms with E-state index in [1.807, 2.05) is 29.2 Å². The van der Waals surface area contributed by atoms with E-state index >= 15 is 0 Å². The molecule has 0 aliphatic carbocycles. The fourth-order valence-corrected chi connectivity index (χ4v) is 6.28. The van der Waals surface area contributed by atoms with Crippen molar-refractivity contribution in [2.75, 3.05) is 31.6 Å². The second-order valence-electron chi connectivity index (χ2n) is 7.25. The summed E-state index contributed by atoms with van der Waals surface area (Å²) >= 11 is 0. The Labute approximate surface area is 164 Å². The normalized spacial score (nSPS) is 24.6. The molecule has 2 aliphatic heterocycles. The third-order valence-electron chi connectivity index (χ3n) is 5.57. The van der Waals surface area contributed by atoms with Gasteiger partial charge in [0.25, 0.3) is 0 Å². The van der Waals surface area contributed by atoms with Gasteiger partial charge in [0.05, 0.1) is 24.8 Å². The van der Waals surface area contributed by atoms with E-state index in [2.05, 4.69) is 9.97 Å². The molecule has 0 amide bonds. The summed E-state index contributed by atoms with van der Waals surface area (Å²) in [5.41, 5.74) is 0.946. The Balaban J connectivity index is 1.46. The third kappa shape index (κ3) is 3.68. The highest BCUT2D eigenvalue weighted by Gasteiger charge is 2.46. The number of benzene rings is 1. The number of aromatic nitrogens is 2. The molecule has 0 unspecified atom stereocenters. The number of rotatable bonds is 4. The van der Waals surface area contributed by atoms with E-state index in [9.17, 15) is 12.8 Å². The van der Waals surface area contributed by atoms with Crippen molar-refractivity contribution in [2.24, 2.45) is 5.92 Å². The lowest BCUT2D eigenvalue weighted by Gasteiger charge is -2.22. The lowest BCUT2D eigenvalue weighted by atomic mass is 10.0. The largest absolute Gasteiger partial charge is 0.497 e. The summed E-state index contributed by atoms with van der Waals surface area (Å²) in [6.07, 6.45) is 3.54. The lowest BCUT2D eigenvalue weighted by molar-refractivity contribution is 0.380. The highest BCUT2D eigenvalue weighted by molar-refractivity contribution is 7.90. The number of nitrogens with zero attached hydrogens (tertiary/aromatic N) is 4. The number of halogens is 1. The Hall–Kier alpha value is -2.26. The maximum absolute atomic E-state index is 13.1. The van der Waals surface area contributed by atoms with Crippen molar-refractivity contribution in [1.29, 1.82) is 0 Å². The molecular formula is C19H23FN4O3S. The van der Waals surface area contributed by atoms with Crippen LogP contribution >= 0.6 is 0 Å². The van der Waals surface area contributed by atoms with Crippen molar-refractivity contribution >= 4 is 16.0 Å². The third-order valence-corrected chi connectivity index (χ3v) is 7.95. The zero-order chi connectivity index (χ0) is 19.7. The molecule has 2 atom stereocenters. The first-order chi connectivity index (χ1) is 13.5. The average molecular weight is 406 g/mol. The van der Waals surface area contributed by atoms with Crippen LogP contribution in [-0.4, -0.2) is 54.7 Å². The molecule has 3 heterocycles. The first-order valence-electron chi connectivity index (χ1n) is 9.32. The molecular weight excluding hydrogens is 383 g/mol. The van der Waals surface area contributed by atoms with Crippen LogP contribution in [0.1, 0.15) is 18.4 Å². The summed E-state index contributed by atoms with van der Waals surface area (Å²) in [5, 5.41) is -0.392. The van der Waals surface area contributed by atoms with Crippen LogP contribution in [0.15, 0.2) is 36.7 Å². The van der Waals surface area contributed by atoms with Gasteiger partial charge >= 0.3 is 0 Å². The van der Waals surface area contributed by atoms with Gasteiger partial charge < -0.3 is 9.64 Å². The number of ether oxygens (including phenoxy) is 1. The zero-order valence-corrected chi connectivity index (χ0v) is 16.5. The lowest BCUT2D eigenvalue weighted by Crippen LogP contribution is -2.32. The van der Waals surface area contributed by atoms with Gasteiger partial charge in [0, 0.05) is 26.2 Å². The van der Waals surface area contributed by atoms with Gasteiger partial charge in [-0.25, -0.2) is 22.8 Å². The number of sulfonamides is 1. The summed E-state index contributed by atoms with van der Waals surface area (Å²) in [5.74, 6) is 0.802. The van der Waals surface area contributed by atoms with Gasteiger partial charge in [-0.2, -0.15) is 4.31 Å². The molecule has 2 saturated heterocycles. The van der Waals surface area contributed by atoms with Crippen LogP contribution in [0.25, 0.3) is 0 Å². The predicted octanol–water partition coefficient (Wildman–Crippen LogP) is 2.05. The predicted molar refractivity (Wildman–Crippen MR) is 103 cm³/mol. The highest BCUT2D eigenvalue weighted by Crippen LogP contribution is 2.35. The van der Waals surface area contributed by atoms with Gasteiger partial charge in [0.1, 0.15) is 5.75 Å². The van der Waals surface area contributed by atoms with E-state index < -0.39 is 21.1 Å². The average Bonchev–Trinajstić information content (AvgIpc) is 2.84. The number of anilines is 1. The molecule has 2 fully saturated rings. The van der Waals surface area contributed by atoms with Crippen LogP contribution in [0, 0.1) is 11.7 Å². The molecule has 0 N–H and O–H groups in total. The zero-order valence-electron chi connectivity index (χ0n) is 15.7. The van der Waals surface area contributed by atoms with Crippen molar-refractivity contribution in [2.45, 2.75) is 24.6 Å². The Kier molecular flexibility index (Phi) is 5.20. The first-order valence-corrected chi connectivity index (χ1v) is 10.8. The molecule has 0 bridgehead atoms. The second kappa shape index (κ2) is 7.63. The summed E-state index contributed by atoms with van der Waals surface area (Å²) < 4.78 is 46.0. The van der Waals surface area contributed by atoms with Crippen molar-refractivity contribution < 1.29 is 17.5 Å². The van der Waals surface area contributed by atoms with E-state index in [4.69, 9.17) is 4.74 Å². The maximum Gasteiger partial charge on any atom is 0.225 e. The first kappa shape index (κ1) is 19.1. The Morgan fingerprint density at radius 3 is 2.50 bits per heavy atom. The summed E-state index contributed by atoms with van der Waals surface area (Å²) in [7, 11) is -1.76. The maximum atomic E-state index is 13.1. The fraction of sp³-hybridized carbons (Fsp3) is 0.474. The molecule has 150 valence electrons. The van der Waals surface area contributed by atoms with Crippen LogP contribution < -0.4 is 9.64 Å². The van der Waals surface area contributed by atoms with Crippen molar-refractivity contribution in [3.05, 3.63) is 48.0 Å². The Bertz CT molecular complexity index is 921. The number of hydrogen-bond donors (Lipinski definition) is 0. The van der Waals surface area contributed by atoms with E-state index in [1.165, 1.54) is 0 Å². The molecule has 2 aliphatic rings. The molecule has 7 nitrogen and oxygen atoms in total. The molecule has 4 rings (SSSR count). The van der Waals surface area contributed by atoms with Crippen LogP contribution in [0.3, 0.4) is 0 Å². The molecule has 0 saturated carbocycles. The van der Waals surface area contributed by atoms with E-state index in [0.717, 1.165) is 30.1 Å². The molecule has 1 aromatic heterocycles. The van der Waals surface area contributed by atoms with Gasteiger partial charge in [-0.15, -0.1) is 0 Å². The minimum Gasteiger partial charge on any atom is -0.497 e. The van der Waals surface area contributed by atoms with Gasteiger partial charge in [-0.1, -0.05) is 12.1 Å². The topological polar surface area (TPSA) is 75.6 Å². The van der Waals surface area contributed by atoms with Crippen LogP contribution in [0.4, 0.5) is 10.3 Å². The minimum atomic E-state index is -3.36. The Morgan fingerprint density at radius 1 is 1.14 bits per heavy atom. The molecule has 1 aromatic carbocycles. The summed E-state index contributed by atoms with van der Waals surface area (Å²) in [4.78, 5) is 10.0. The van der Waals surface area contributed by atoms with E-state index in [1.54, 1.807) is 11.4 Å². The highest BCUT2D eigenvalue weighted by atomic mass is 32.2. The van der Waals surface area contributed by atoms with E-state index in [0.29, 0.717) is 38.5 Å². The minimum absolute atomic E-state index is 0.0775. The van der Waals surface area contributed by atoms with Gasteiger partial charge in [0.15, 0.2) is 5.82 Å². The smallest absolute Gasteiger partial charge is 0.225 e. The van der Waals surface area contributed by atoms with E-state index in [-0.39, 0.29) is 5.92 Å². The van der Waals surface area contributed by atoms with Crippen LogP contribution in [0.2, 0.25) is 0 Å². The molecule has 28 heavy (non-hydrogen) atoms. The monoisotopic (exact) mass is 406 g/mol. The quantitative estimate of drug-likeness (QED) is 0.774. The molecule has 2 aromatic rings. The standard InChI is InChI=1S/C19H23FN4O3S/c1-27-17-4-2-14(3-5-17)12-24-13-15-6-8-23(9-7-18(15)28(24,25)26)19-21-10-16(20)11-22-19/h2-5,10-11,15,18H,6-9,12-13H2,1H3/t15-,18-/m1/s1. The SMILES string of the molecule is COc1ccc(CN2C[C@H]3CCN(c4ncc(F)cn4)CC[C@H]3S2(=O)=O)cc1. The summed E-state index contributed by atoms with van der Waals surface area (Å²) in [6, 6.07) is 7.49. The van der Waals surface area contributed by atoms with Gasteiger partial charge in [0.2, 0.25) is 16.0 Å².